The first-order valence-electron chi connectivity index (χ1n) is 9.19. The number of aryl methyl sites for hydroxylation is 2. The number of rotatable bonds is 6. The quantitative estimate of drug-likeness (QED) is 0.433. The van der Waals surface area contributed by atoms with Crippen molar-refractivity contribution in [2.24, 2.45) is 5.10 Å². The fourth-order valence-corrected chi connectivity index (χ4v) is 3.19. The lowest BCUT2D eigenvalue weighted by atomic mass is 10.1. The molecule has 0 spiro atoms. The molecule has 0 aromatic carbocycles. The molecule has 1 saturated heterocycles. The number of hydrogen-bond donors (Lipinski definition) is 2. The summed E-state index contributed by atoms with van der Waals surface area (Å²) in [6.07, 6.45) is 1.50. The number of hydrogen-bond acceptors (Lipinski definition) is 6. The summed E-state index contributed by atoms with van der Waals surface area (Å²) in [4.78, 5) is 37.0. The molecule has 2 N–H and O–H groups in total. The Balaban J connectivity index is 1.58. The third-order valence-corrected chi connectivity index (χ3v) is 4.71. The highest BCUT2D eigenvalue weighted by Gasteiger charge is 2.43. The molecule has 10 heteroatoms. The van der Waals surface area contributed by atoms with Gasteiger partial charge in [-0.2, -0.15) is 5.10 Å². The molecule has 1 aliphatic heterocycles. The number of carbonyl (C=O) groups is 3. The van der Waals surface area contributed by atoms with Gasteiger partial charge in [-0.3, -0.25) is 19.1 Å². The van der Waals surface area contributed by atoms with Gasteiger partial charge in [0.25, 0.3) is 5.91 Å². The van der Waals surface area contributed by atoms with Crippen LogP contribution in [0.5, 0.6) is 0 Å². The summed E-state index contributed by atoms with van der Waals surface area (Å²) in [5, 5.41) is 10.6. The van der Waals surface area contributed by atoms with Gasteiger partial charge < -0.3 is 9.84 Å². The molecule has 3 rings (SSSR count). The van der Waals surface area contributed by atoms with Crippen LogP contribution in [-0.2, 0) is 9.59 Å². The van der Waals surface area contributed by atoms with Crippen molar-refractivity contribution in [1.29, 1.82) is 0 Å². The van der Waals surface area contributed by atoms with Crippen LogP contribution in [0.2, 0.25) is 0 Å². The first kappa shape index (κ1) is 20.3. The van der Waals surface area contributed by atoms with Crippen LogP contribution in [0, 0.1) is 20.8 Å². The van der Waals surface area contributed by atoms with E-state index < -0.39 is 17.5 Å². The maximum absolute atomic E-state index is 12.1. The fraction of sp³-hybridized carbons (Fsp3) is 0.421. The Morgan fingerprint density at radius 3 is 2.62 bits per heavy atom. The minimum atomic E-state index is -0.948. The van der Waals surface area contributed by atoms with E-state index in [2.05, 4.69) is 21.0 Å². The van der Waals surface area contributed by atoms with Crippen LogP contribution in [0.3, 0.4) is 0 Å². The number of carbonyl (C=O) groups excluding carboxylic acids is 3. The van der Waals surface area contributed by atoms with Gasteiger partial charge in [0.1, 0.15) is 11.3 Å². The van der Waals surface area contributed by atoms with E-state index in [9.17, 15) is 14.4 Å². The summed E-state index contributed by atoms with van der Waals surface area (Å²) in [5.41, 5.74) is 4.14. The van der Waals surface area contributed by atoms with Crippen molar-refractivity contribution < 1.29 is 18.9 Å². The van der Waals surface area contributed by atoms with E-state index in [1.54, 1.807) is 20.1 Å². The second-order valence-corrected chi connectivity index (χ2v) is 7.51. The van der Waals surface area contributed by atoms with Crippen molar-refractivity contribution in [1.82, 2.24) is 25.4 Å². The van der Waals surface area contributed by atoms with Crippen LogP contribution >= 0.6 is 0 Å². The second kappa shape index (κ2) is 7.53. The Morgan fingerprint density at radius 2 is 2.03 bits per heavy atom. The van der Waals surface area contributed by atoms with Gasteiger partial charge in [0.15, 0.2) is 5.82 Å². The van der Waals surface area contributed by atoms with Crippen molar-refractivity contribution >= 4 is 24.1 Å². The monoisotopic (exact) mass is 400 g/mol. The first-order valence-corrected chi connectivity index (χ1v) is 9.19. The van der Waals surface area contributed by atoms with E-state index >= 15 is 0 Å². The molecular weight excluding hydrogens is 376 g/mol. The molecule has 0 aliphatic carbocycles. The highest BCUT2D eigenvalue weighted by atomic mass is 16.5. The number of aromatic nitrogens is 2. The zero-order chi connectivity index (χ0) is 21.3. The maximum Gasteiger partial charge on any atom is 0.325 e. The molecule has 0 radical (unpaired) electrons. The predicted octanol–water partition coefficient (Wildman–Crippen LogP) is 1.56. The van der Waals surface area contributed by atoms with Crippen molar-refractivity contribution in [3.8, 4) is 5.82 Å². The first-order chi connectivity index (χ1) is 13.6. The predicted molar refractivity (Wildman–Crippen MR) is 105 cm³/mol. The number of urea groups is 1. The Hall–Kier alpha value is -3.43. The van der Waals surface area contributed by atoms with Gasteiger partial charge in [0, 0.05) is 36.0 Å². The van der Waals surface area contributed by atoms with Crippen molar-refractivity contribution in [2.75, 3.05) is 6.54 Å². The lowest BCUT2D eigenvalue weighted by molar-refractivity contribution is -0.130. The van der Waals surface area contributed by atoms with Gasteiger partial charge in [-0.15, -0.1) is 0 Å². The normalized spacial score (nSPS) is 16.0. The molecule has 4 amide bonds. The number of hydrazone groups is 1. The zero-order valence-electron chi connectivity index (χ0n) is 17.1. The van der Waals surface area contributed by atoms with E-state index in [0.29, 0.717) is 11.6 Å². The average Bonchev–Trinajstić information content (AvgIpc) is 3.22. The molecule has 0 unspecified atom stereocenters. The van der Waals surface area contributed by atoms with E-state index in [-0.39, 0.29) is 18.9 Å². The SMILES string of the molecule is Cc1cc(-n2c(C)cc(/C=N\NC(=O)CCN3C(=O)NC(C)(C)C3=O)c2C)no1. The van der Waals surface area contributed by atoms with Crippen LogP contribution in [0.25, 0.3) is 5.82 Å². The van der Waals surface area contributed by atoms with Crippen molar-refractivity contribution in [3.05, 3.63) is 34.8 Å². The summed E-state index contributed by atoms with van der Waals surface area (Å²) < 4.78 is 7.06. The van der Waals surface area contributed by atoms with Gasteiger partial charge >= 0.3 is 6.03 Å². The van der Waals surface area contributed by atoms with Gasteiger partial charge in [0.05, 0.1) is 6.21 Å². The minimum Gasteiger partial charge on any atom is -0.360 e. The van der Waals surface area contributed by atoms with E-state index in [1.807, 2.05) is 37.5 Å². The van der Waals surface area contributed by atoms with Gasteiger partial charge in [-0.1, -0.05) is 5.16 Å². The highest BCUT2D eigenvalue weighted by molar-refractivity contribution is 6.06. The Labute approximate surface area is 167 Å². The summed E-state index contributed by atoms with van der Waals surface area (Å²) in [7, 11) is 0. The Bertz CT molecular complexity index is 1000. The number of nitrogens with one attached hydrogen (secondary N) is 2. The van der Waals surface area contributed by atoms with Crippen molar-refractivity contribution in [3.63, 3.8) is 0 Å². The third-order valence-electron chi connectivity index (χ3n) is 4.71. The Kier molecular flexibility index (Phi) is 5.27. The lowest BCUT2D eigenvalue weighted by Crippen LogP contribution is -2.40. The van der Waals surface area contributed by atoms with Crippen LogP contribution in [0.4, 0.5) is 4.79 Å². The molecule has 0 bridgehead atoms. The van der Waals surface area contributed by atoms with E-state index in [1.165, 1.54) is 0 Å². The topological polar surface area (TPSA) is 122 Å². The molecule has 0 atom stereocenters. The van der Waals surface area contributed by atoms with Gasteiger partial charge in [-0.25, -0.2) is 10.2 Å². The molecule has 1 fully saturated rings. The largest absolute Gasteiger partial charge is 0.360 e. The summed E-state index contributed by atoms with van der Waals surface area (Å²) >= 11 is 0. The van der Waals surface area contributed by atoms with Crippen LogP contribution in [0.15, 0.2) is 21.8 Å². The highest BCUT2D eigenvalue weighted by Crippen LogP contribution is 2.19. The molecule has 2 aromatic rings. The van der Waals surface area contributed by atoms with E-state index in [4.69, 9.17) is 4.52 Å². The van der Waals surface area contributed by atoms with E-state index in [0.717, 1.165) is 21.9 Å². The third kappa shape index (κ3) is 4.05. The minimum absolute atomic E-state index is 0.00449. The van der Waals surface area contributed by atoms with Crippen LogP contribution in [0.1, 0.15) is 43.0 Å². The number of imide groups is 1. The summed E-state index contributed by atoms with van der Waals surface area (Å²) in [6.45, 7) is 8.91. The van der Waals surface area contributed by atoms with Gasteiger partial charge in [0.2, 0.25) is 5.91 Å². The number of amides is 4. The lowest BCUT2D eigenvalue weighted by Gasteiger charge is -2.15. The average molecular weight is 400 g/mol. The molecule has 10 nitrogen and oxygen atoms in total. The van der Waals surface area contributed by atoms with Crippen LogP contribution < -0.4 is 10.7 Å². The standard InChI is InChI=1S/C19H24N6O4/c1-11-8-14(13(3)25(11)15-9-12(2)29-23-15)10-20-22-16(26)6-7-24-17(27)19(4,5)21-18(24)28/h8-10H,6-7H2,1-5H3,(H,21,28)(H,22,26)/b20-10-. The molecule has 29 heavy (non-hydrogen) atoms. The molecule has 1 aliphatic rings. The maximum atomic E-state index is 12.1. The van der Waals surface area contributed by atoms with Gasteiger partial charge in [-0.05, 0) is 40.7 Å². The molecule has 0 saturated carbocycles. The summed E-state index contributed by atoms with van der Waals surface area (Å²) in [6, 6.07) is 3.26. The summed E-state index contributed by atoms with van der Waals surface area (Å²) in [5.74, 6) is 0.642. The fourth-order valence-electron chi connectivity index (χ4n) is 3.19. The zero-order valence-corrected chi connectivity index (χ0v) is 17.1. The molecule has 154 valence electrons. The molecule has 3 heterocycles. The number of nitrogens with zero attached hydrogens (tertiary/aromatic N) is 4. The van der Waals surface area contributed by atoms with Crippen LogP contribution in [-0.4, -0.2) is 50.8 Å². The second-order valence-electron chi connectivity index (χ2n) is 7.51. The smallest absolute Gasteiger partial charge is 0.325 e. The molecule has 2 aromatic heterocycles. The molecular formula is C19H24N6O4. The Morgan fingerprint density at radius 1 is 1.31 bits per heavy atom. The van der Waals surface area contributed by atoms with Crippen molar-refractivity contribution in [2.45, 2.75) is 46.6 Å².